The molecule has 2 fully saturated rings. The molecular formula is C15H14N2O3. The predicted octanol–water partition coefficient (Wildman–Crippen LogP) is 2.95. The lowest BCUT2D eigenvalue weighted by atomic mass is 10.1. The van der Waals surface area contributed by atoms with Gasteiger partial charge in [-0.2, -0.15) is 0 Å². The third kappa shape index (κ3) is 1.73. The van der Waals surface area contributed by atoms with Crippen molar-refractivity contribution in [3.63, 3.8) is 0 Å². The fourth-order valence-corrected chi connectivity index (χ4v) is 3.43. The summed E-state index contributed by atoms with van der Waals surface area (Å²) in [6, 6.07) is 6.50. The SMILES string of the molecule is O=C(O)c1ccc(-c2nnc(C3C4CCCC43)o2)cc1. The Kier molecular flexibility index (Phi) is 2.42. The van der Waals surface area contributed by atoms with Crippen LogP contribution in [-0.2, 0) is 0 Å². The predicted molar refractivity (Wildman–Crippen MR) is 70.3 cm³/mol. The molecule has 4 rings (SSSR count). The van der Waals surface area contributed by atoms with Crippen LogP contribution in [0.5, 0.6) is 0 Å². The molecule has 2 aliphatic rings. The fraction of sp³-hybridized carbons (Fsp3) is 0.400. The zero-order chi connectivity index (χ0) is 13.7. The van der Waals surface area contributed by atoms with Crippen LogP contribution in [-0.4, -0.2) is 21.3 Å². The maximum atomic E-state index is 10.8. The first-order valence-electron chi connectivity index (χ1n) is 6.91. The quantitative estimate of drug-likeness (QED) is 0.927. The molecule has 0 spiro atoms. The first-order chi connectivity index (χ1) is 9.74. The molecule has 20 heavy (non-hydrogen) atoms. The Bertz CT molecular complexity index is 652. The number of fused-ring (bicyclic) bond motifs is 1. The summed E-state index contributed by atoms with van der Waals surface area (Å²) in [6.07, 6.45) is 3.88. The Morgan fingerprint density at radius 3 is 2.50 bits per heavy atom. The highest BCUT2D eigenvalue weighted by atomic mass is 16.4. The molecule has 1 N–H and O–H groups in total. The van der Waals surface area contributed by atoms with Crippen LogP contribution in [0.2, 0.25) is 0 Å². The summed E-state index contributed by atoms with van der Waals surface area (Å²) in [4.78, 5) is 10.8. The van der Waals surface area contributed by atoms with Crippen molar-refractivity contribution in [3.05, 3.63) is 35.7 Å². The molecule has 0 aliphatic heterocycles. The van der Waals surface area contributed by atoms with Crippen molar-refractivity contribution in [2.24, 2.45) is 11.8 Å². The minimum atomic E-state index is -0.937. The lowest BCUT2D eigenvalue weighted by Gasteiger charge is -1.97. The Hall–Kier alpha value is -2.17. The smallest absolute Gasteiger partial charge is 0.335 e. The van der Waals surface area contributed by atoms with Gasteiger partial charge in [0.2, 0.25) is 11.8 Å². The van der Waals surface area contributed by atoms with Gasteiger partial charge in [0.1, 0.15) is 0 Å². The van der Waals surface area contributed by atoms with Gasteiger partial charge in [-0.05, 0) is 48.9 Å². The Morgan fingerprint density at radius 1 is 1.15 bits per heavy atom. The first kappa shape index (κ1) is 11.6. The second-order valence-corrected chi connectivity index (χ2v) is 5.61. The number of carboxylic acids is 1. The molecule has 2 atom stereocenters. The van der Waals surface area contributed by atoms with Crippen molar-refractivity contribution in [1.82, 2.24) is 10.2 Å². The van der Waals surface area contributed by atoms with Crippen molar-refractivity contribution in [3.8, 4) is 11.5 Å². The maximum absolute atomic E-state index is 10.8. The van der Waals surface area contributed by atoms with Gasteiger partial charge in [0.25, 0.3) is 0 Å². The van der Waals surface area contributed by atoms with Gasteiger partial charge in [-0.25, -0.2) is 4.79 Å². The van der Waals surface area contributed by atoms with Crippen molar-refractivity contribution in [2.75, 3.05) is 0 Å². The number of aromatic nitrogens is 2. The van der Waals surface area contributed by atoms with Crippen LogP contribution in [0.25, 0.3) is 11.5 Å². The van der Waals surface area contributed by atoms with E-state index in [9.17, 15) is 4.79 Å². The Morgan fingerprint density at radius 2 is 1.85 bits per heavy atom. The van der Waals surface area contributed by atoms with E-state index in [-0.39, 0.29) is 5.56 Å². The minimum Gasteiger partial charge on any atom is -0.478 e. The van der Waals surface area contributed by atoms with Crippen LogP contribution in [0.3, 0.4) is 0 Å². The minimum absolute atomic E-state index is 0.255. The molecule has 0 radical (unpaired) electrons. The highest BCUT2D eigenvalue weighted by Crippen LogP contribution is 2.62. The number of hydrogen-bond donors (Lipinski definition) is 1. The maximum Gasteiger partial charge on any atom is 0.335 e. The molecule has 2 saturated carbocycles. The molecule has 2 aliphatic carbocycles. The van der Waals surface area contributed by atoms with E-state index in [0.717, 1.165) is 23.3 Å². The molecule has 2 unspecified atom stereocenters. The van der Waals surface area contributed by atoms with Crippen molar-refractivity contribution < 1.29 is 14.3 Å². The van der Waals surface area contributed by atoms with Crippen molar-refractivity contribution >= 4 is 5.97 Å². The molecule has 0 saturated heterocycles. The number of carbonyl (C=O) groups is 1. The second kappa shape index (κ2) is 4.16. The molecule has 1 aromatic carbocycles. The van der Waals surface area contributed by atoms with Gasteiger partial charge < -0.3 is 9.52 Å². The molecule has 1 aromatic heterocycles. The summed E-state index contributed by atoms with van der Waals surface area (Å²) in [5.74, 6) is 2.24. The topological polar surface area (TPSA) is 76.2 Å². The molecule has 2 aromatic rings. The summed E-state index contributed by atoms with van der Waals surface area (Å²) < 4.78 is 5.76. The normalized spacial score (nSPS) is 27.3. The Labute approximate surface area is 115 Å². The van der Waals surface area contributed by atoms with E-state index in [1.807, 2.05) is 0 Å². The van der Waals surface area contributed by atoms with Gasteiger partial charge in [-0.1, -0.05) is 6.42 Å². The van der Waals surface area contributed by atoms with E-state index in [2.05, 4.69) is 10.2 Å². The van der Waals surface area contributed by atoms with Crippen LogP contribution in [0.4, 0.5) is 0 Å². The van der Waals surface area contributed by atoms with E-state index in [0.29, 0.717) is 11.8 Å². The highest BCUT2D eigenvalue weighted by Gasteiger charge is 2.56. The fourth-order valence-electron chi connectivity index (χ4n) is 3.43. The number of nitrogens with zero attached hydrogens (tertiary/aromatic N) is 2. The van der Waals surface area contributed by atoms with E-state index < -0.39 is 5.97 Å². The molecule has 1 heterocycles. The molecule has 5 heteroatoms. The third-order valence-electron chi connectivity index (χ3n) is 4.51. The van der Waals surface area contributed by atoms with Gasteiger partial charge in [-0.3, -0.25) is 0 Å². The van der Waals surface area contributed by atoms with E-state index in [1.165, 1.54) is 19.3 Å². The number of benzene rings is 1. The number of hydrogen-bond acceptors (Lipinski definition) is 4. The second-order valence-electron chi connectivity index (χ2n) is 5.61. The van der Waals surface area contributed by atoms with Crippen molar-refractivity contribution in [2.45, 2.75) is 25.2 Å². The highest BCUT2D eigenvalue weighted by molar-refractivity contribution is 5.88. The van der Waals surface area contributed by atoms with Gasteiger partial charge >= 0.3 is 5.97 Å². The zero-order valence-electron chi connectivity index (χ0n) is 10.8. The lowest BCUT2D eigenvalue weighted by Crippen LogP contribution is -1.94. The van der Waals surface area contributed by atoms with Gasteiger partial charge in [0, 0.05) is 11.5 Å². The average Bonchev–Trinajstić information content (AvgIpc) is 2.90. The summed E-state index contributed by atoms with van der Waals surface area (Å²) >= 11 is 0. The molecule has 5 nitrogen and oxygen atoms in total. The average molecular weight is 270 g/mol. The van der Waals surface area contributed by atoms with Crippen LogP contribution in [0.15, 0.2) is 28.7 Å². The number of aromatic carboxylic acids is 1. The number of rotatable bonds is 3. The van der Waals surface area contributed by atoms with E-state index in [1.54, 1.807) is 24.3 Å². The molecular weight excluding hydrogens is 256 g/mol. The van der Waals surface area contributed by atoms with Crippen LogP contribution >= 0.6 is 0 Å². The molecule has 102 valence electrons. The molecule has 0 bridgehead atoms. The van der Waals surface area contributed by atoms with Crippen LogP contribution < -0.4 is 0 Å². The van der Waals surface area contributed by atoms with Crippen LogP contribution in [0.1, 0.15) is 41.4 Å². The summed E-state index contributed by atoms with van der Waals surface area (Å²) in [5.41, 5.74) is 1.02. The first-order valence-corrected chi connectivity index (χ1v) is 6.91. The Balaban J connectivity index is 1.57. The molecule has 0 amide bonds. The van der Waals surface area contributed by atoms with Crippen LogP contribution in [0, 0.1) is 11.8 Å². The largest absolute Gasteiger partial charge is 0.478 e. The zero-order valence-corrected chi connectivity index (χ0v) is 10.8. The summed E-state index contributed by atoms with van der Waals surface area (Å²) in [6.45, 7) is 0. The summed E-state index contributed by atoms with van der Waals surface area (Å²) in [5, 5.41) is 17.1. The number of carboxylic acid groups (broad SMARTS) is 1. The van der Waals surface area contributed by atoms with E-state index in [4.69, 9.17) is 9.52 Å². The van der Waals surface area contributed by atoms with Gasteiger partial charge in [0.15, 0.2) is 0 Å². The van der Waals surface area contributed by atoms with E-state index >= 15 is 0 Å². The van der Waals surface area contributed by atoms with Gasteiger partial charge in [0.05, 0.1) is 5.56 Å². The summed E-state index contributed by atoms with van der Waals surface area (Å²) in [7, 11) is 0. The van der Waals surface area contributed by atoms with Crippen molar-refractivity contribution in [1.29, 1.82) is 0 Å². The third-order valence-corrected chi connectivity index (χ3v) is 4.51. The lowest BCUT2D eigenvalue weighted by molar-refractivity contribution is 0.0697. The monoisotopic (exact) mass is 270 g/mol. The van der Waals surface area contributed by atoms with Gasteiger partial charge in [-0.15, -0.1) is 10.2 Å². The standard InChI is InChI=1S/C15H14N2O3/c18-15(19)9-6-4-8(5-7-9)13-16-17-14(20-13)12-10-2-1-3-11(10)12/h4-7,10-12H,1-3H2,(H,18,19).